The van der Waals surface area contributed by atoms with E-state index < -0.39 is 11.7 Å². The van der Waals surface area contributed by atoms with Gasteiger partial charge in [0.2, 0.25) is 0 Å². The van der Waals surface area contributed by atoms with E-state index in [4.69, 9.17) is 21.3 Å². The van der Waals surface area contributed by atoms with Gasteiger partial charge in [-0.25, -0.2) is 9.78 Å². The lowest BCUT2D eigenvalue weighted by Crippen LogP contribution is -2.48. The van der Waals surface area contributed by atoms with Gasteiger partial charge in [0.05, 0.1) is 17.3 Å². The average Bonchev–Trinajstić information content (AvgIpc) is 2.77. The Morgan fingerprint density at radius 2 is 1.88 bits per heavy atom. The third-order valence-corrected chi connectivity index (χ3v) is 6.00. The topological polar surface area (TPSA) is 62.7 Å². The van der Waals surface area contributed by atoms with Crippen molar-refractivity contribution in [2.45, 2.75) is 57.8 Å². The zero-order valence-electron chi connectivity index (χ0n) is 18.7. The van der Waals surface area contributed by atoms with Crippen molar-refractivity contribution in [1.29, 1.82) is 0 Å². The SMILES string of the molecule is CC(C)(C)OC(=O)N1CCCC[C@@H]1[C@@H](O)c1cc(-c2ccc(Cl)cc2)nc2ccccc12. The fourth-order valence-electron chi connectivity index (χ4n) is 4.26. The summed E-state index contributed by atoms with van der Waals surface area (Å²) in [6.07, 6.45) is 1.33. The number of benzene rings is 2. The number of fused-ring (bicyclic) bond motifs is 1. The summed E-state index contributed by atoms with van der Waals surface area (Å²) < 4.78 is 5.64. The van der Waals surface area contributed by atoms with Crippen molar-refractivity contribution in [2.24, 2.45) is 0 Å². The Labute approximate surface area is 194 Å². The molecular formula is C26H29ClN2O3. The third kappa shape index (κ3) is 4.89. The largest absolute Gasteiger partial charge is 0.444 e. The summed E-state index contributed by atoms with van der Waals surface area (Å²) in [5, 5.41) is 13.1. The van der Waals surface area contributed by atoms with Crippen molar-refractivity contribution >= 4 is 28.6 Å². The molecule has 0 aliphatic carbocycles. The highest BCUT2D eigenvalue weighted by Gasteiger charge is 2.36. The molecule has 3 aromatic rings. The number of para-hydroxylation sites is 1. The Kier molecular flexibility index (Phi) is 6.40. The normalized spacial score (nSPS) is 17.9. The fourth-order valence-corrected chi connectivity index (χ4v) is 4.38. The van der Waals surface area contributed by atoms with Gasteiger partial charge in [-0.15, -0.1) is 0 Å². The molecule has 1 saturated heterocycles. The Balaban J connectivity index is 1.75. The average molecular weight is 453 g/mol. The van der Waals surface area contributed by atoms with Crippen LogP contribution in [0, 0.1) is 0 Å². The summed E-state index contributed by atoms with van der Waals surface area (Å²) in [6.45, 7) is 6.14. The van der Waals surface area contributed by atoms with Gasteiger partial charge in [-0.05, 0) is 69.9 Å². The highest BCUT2D eigenvalue weighted by molar-refractivity contribution is 6.30. The molecule has 2 aromatic carbocycles. The Hall–Kier alpha value is -2.63. The quantitative estimate of drug-likeness (QED) is 0.501. The number of carbonyl (C=O) groups is 1. The predicted octanol–water partition coefficient (Wildman–Crippen LogP) is 6.38. The van der Waals surface area contributed by atoms with Crippen molar-refractivity contribution in [3.05, 3.63) is 65.2 Å². The van der Waals surface area contributed by atoms with Crippen LogP contribution >= 0.6 is 11.6 Å². The summed E-state index contributed by atoms with van der Waals surface area (Å²) in [7, 11) is 0. The first-order chi connectivity index (χ1) is 15.2. The number of nitrogens with zero attached hydrogens (tertiary/aromatic N) is 2. The maximum Gasteiger partial charge on any atom is 0.410 e. The number of carbonyl (C=O) groups excluding carboxylic acids is 1. The van der Waals surface area contributed by atoms with Gasteiger partial charge in [-0.1, -0.05) is 41.9 Å². The number of ether oxygens (including phenoxy) is 1. The predicted molar refractivity (Wildman–Crippen MR) is 128 cm³/mol. The van der Waals surface area contributed by atoms with Gasteiger partial charge in [0.25, 0.3) is 0 Å². The molecule has 6 heteroatoms. The number of likely N-dealkylation sites (tertiary alicyclic amines) is 1. The van der Waals surface area contributed by atoms with Gasteiger partial charge in [0.15, 0.2) is 0 Å². The summed E-state index contributed by atoms with van der Waals surface area (Å²) in [6, 6.07) is 16.8. The van der Waals surface area contributed by atoms with E-state index in [1.54, 1.807) is 4.90 Å². The summed E-state index contributed by atoms with van der Waals surface area (Å²) >= 11 is 6.06. The van der Waals surface area contributed by atoms with Crippen LogP contribution < -0.4 is 0 Å². The molecule has 4 rings (SSSR count). The van der Waals surface area contributed by atoms with Crippen molar-refractivity contribution in [3.8, 4) is 11.3 Å². The minimum absolute atomic E-state index is 0.359. The molecule has 1 aliphatic rings. The van der Waals surface area contributed by atoms with Crippen molar-refractivity contribution < 1.29 is 14.6 Å². The molecule has 2 atom stereocenters. The van der Waals surface area contributed by atoms with Crippen LogP contribution in [0.4, 0.5) is 4.79 Å². The smallest absolute Gasteiger partial charge is 0.410 e. The van der Waals surface area contributed by atoms with E-state index in [9.17, 15) is 9.90 Å². The number of piperidine rings is 1. The van der Waals surface area contributed by atoms with Gasteiger partial charge in [-0.2, -0.15) is 0 Å². The van der Waals surface area contributed by atoms with Crippen LogP contribution in [0.25, 0.3) is 22.2 Å². The highest BCUT2D eigenvalue weighted by Crippen LogP contribution is 2.35. The van der Waals surface area contributed by atoms with Crippen molar-refractivity contribution in [1.82, 2.24) is 9.88 Å². The van der Waals surface area contributed by atoms with Crippen molar-refractivity contribution in [2.75, 3.05) is 6.54 Å². The number of rotatable bonds is 3. The molecule has 0 radical (unpaired) electrons. The number of amides is 1. The van der Waals surface area contributed by atoms with E-state index >= 15 is 0 Å². The van der Waals surface area contributed by atoms with Crippen LogP contribution in [0.5, 0.6) is 0 Å². The number of halogens is 1. The van der Waals surface area contributed by atoms with E-state index in [2.05, 4.69) is 0 Å². The van der Waals surface area contributed by atoms with Gasteiger partial charge in [-0.3, -0.25) is 0 Å². The number of pyridine rings is 1. The Morgan fingerprint density at radius 3 is 2.59 bits per heavy atom. The number of hydrogen-bond donors (Lipinski definition) is 1. The van der Waals surface area contributed by atoms with Gasteiger partial charge < -0.3 is 14.7 Å². The maximum atomic E-state index is 12.9. The molecule has 0 unspecified atom stereocenters. The van der Waals surface area contributed by atoms with Gasteiger partial charge in [0, 0.05) is 22.5 Å². The lowest BCUT2D eigenvalue weighted by atomic mass is 9.90. The zero-order chi connectivity index (χ0) is 22.9. The maximum absolute atomic E-state index is 12.9. The molecule has 2 heterocycles. The number of aliphatic hydroxyl groups is 1. The van der Waals surface area contributed by atoms with Crippen LogP contribution in [0.3, 0.4) is 0 Å². The first-order valence-electron chi connectivity index (χ1n) is 11.1. The van der Waals surface area contributed by atoms with Crippen LogP contribution in [0.2, 0.25) is 5.02 Å². The van der Waals surface area contributed by atoms with Crippen LogP contribution in [0.1, 0.15) is 51.7 Å². The highest BCUT2D eigenvalue weighted by atomic mass is 35.5. The molecule has 0 saturated carbocycles. The number of hydrogen-bond acceptors (Lipinski definition) is 4. The number of aliphatic hydroxyl groups excluding tert-OH is 1. The molecular weight excluding hydrogens is 424 g/mol. The molecule has 0 bridgehead atoms. The van der Waals surface area contributed by atoms with E-state index in [0.29, 0.717) is 18.0 Å². The second kappa shape index (κ2) is 9.08. The van der Waals surface area contributed by atoms with Gasteiger partial charge >= 0.3 is 6.09 Å². The zero-order valence-corrected chi connectivity index (χ0v) is 19.5. The van der Waals surface area contributed by atoms with E-state index in [-0.39, 0.29) is 12.1 Å². The second-order valence-corrected chi connectivity index (χ2v) is 9.74. The first kappa shape index (κ1) is 22.6. The summed E-state index contributed by atoms with van der Waals surface area (Å²) in [5.74, 6) is 0. The molecule has 0 spiro atoms. The first-order valence-corrected chi connectivity index (χ1v) is 11.4. The van der Waals surface area contributed by atoms with Crippen molar-refractivity contribution in [3.63, 3.8) is 0 Å². The molecule has 1 fully saturated rings. The lowest BCUT2D eigenvalue weighted by molar-refractivity contribution is -0.0166. The second-order valence-electron chi connectivity index (χ2n) is 9.30. The molecule has 168 valence electrons. The van der Waals surface area contributed by atoms with Crippen LogP contribution in [-0.2, 0) is 4.74 Å². The molecule has 1 aromatic heterocycles. The molecule has 5 nitrogen and oxygen atoms in total. The van der Waals surface area contributed by atoms with E-state index in [1.807, 2.05) is 75.4 Å². The van der Waals surface area contributed by atoms with Crippen LogP contribution in [0.15, 0.2) is 54.6 Å². The minimum atomic E-state index is -0.859. The van der Waals surface area contributed by atoms with Crippen LogP contribution in [-0.4, -0.2) is 39.3 Å². The Bertz CT molecular complexity index is 1110. The Morgan fingerprint density at radius 1 is 1.16 bits per heavy atom. The van der Waals surface area contributed by atoms with Gasteiger partial charge in [0.1, 0.15) is 11.7 Å². The van der Waals surface area contributed by atoms with E-state index in [0.717, 1.165) is 40.6 Å². The fraction of sp³-hybridized carbons (Fsp3) is 0.385. The monoisotopic (exact) mass is 452 g/mol. The third-order valence-electron chi connectivity index (χ3n) is 5.75. The van der Waals surface area contributed by atoms with E-state index in [1.165, 1.54) is 0 Å². The molecule has 1 N–H and O–H groups in total. The standard InChI is InChI=1S/C26H29ClN2O3/c1-26(2,3)32-25(31)29-15-7-6-10-23(29)24(30)20-16-22(17-11-13-18(27)14-12-17)28-21-9-5-4-8-19(20)21/h4-5,8-9,11-14,16,23-24,30H,6-7,10,15H2,1-3H3/t23-,24+/m1/s1. The molecule has 1 amide bonds. The number of aromatic nitrogens is 1. The summed E-state index contributed by atoms with van der Waals surface area (Å²) in [5.41, 5.74) is 2.65. The minimum Gasteiger partial charge on any atom is -0.444 e. The lowest BCUT2D eigenvalue weighted by Gasteiger charge is -2.39. The molecule has 1 aliphatic heterocycles. The summed E-state index contributed by atoms with van der Waals surface area (Å²) in [4.78, 5) is 19.4. The molecule has 32 heavy (non-hydrogen) atoms.